The molecule has 6 nitrogen and oxygen atoms in total. The molecule has 3 aliphatic rings. The molecule has 1 unspecified atom stereocenters. The molecule has 6 rings (SSSR count). The molecule has 3 atom stereocenters. The second kappa shape index (κ2) is 9.24. The first-order valence-electron chi connectivity index (χ1n) is 11.9. The summed E-state index contributed by atoms with van der Waals surface area (Å²) in [5.74, 6) is -0.282. The van der Waals surface area contributed by atoms with Crippen LogP contribution in [0.3, 0.4) is 0 Å². The van der Waals surface area contributed by atoms with Gasteiger partial charge in [0, 0.05) is 27.5 Å². The summed E-state index contributed by atoms with van der Waals surface area (Å²) in [7, 11) is -0.919. The van der Waals surface area contributed by atoms with Crippen molar-refractivity contribution in [1.82, 2.24) is 14.8 Å². The van der Waals surface area contributed by atoms with Crippen molar-refractivity contribution in [2.24, 2.45) is 5.41 Å². The molecule has 182 valence electrons. The lowest BCUT2D eigenvalue weighted by Gasteiger charge is -2.44. The highest BCUT2D eigenvalue weighted by molar-refractivity contribution is 7.86. The topological polar surface area (TPSA) is 96.3 Å². The standard InChI is InChI=1S/C27H26FN3O2S.H2O/c28-20-8-10-21(11-9-20)31-25-14-19-7-12-23(34(33)22-4-3-5-22)16-27(19,15-18(25)17-30-31)26(32)24-6-1-2-13-29-24;/h1-2,6,8-11,13-14,17,22-23H,3-5,7,12,15-16H2;1H2/t23-,27-,34?;/m0./s1. The molecule has 1 aromatic carbocycles. The van der Waals surface area contributed by atoms with E-state index >= 15 is 0 Å². The Morgan fingerprint density at radius 1 is 1.09 bits per heavy atom. The number of benzene rings is 1. The fourth-order valence-electron chi connectivity index (χ4n) is 5.67. The first-order valence-corrected chi connectivity index (χ1v) is 13.2. The molecule has 2 heterocycles. The Morgan fingerprint density at radius 2 is 1.89 bits per heavy atom. The number of pyridine rings is 1. The number of allylic oxidation sites excluding steroid dienone is 1. The molecule has 8 heteroatoms. The van der Waals surface area contributed by atoms with Crippen molar-refractivity contribution in [2.45, 2.75) is 55.4 Å². The van der Waals surface area contributed by atoms with Gasteiger partial charge < -0.3 is 5.48 Å². The van der Waals surface area contributed by atoms with Gasteiger partial charge in [-0.3, -0.25) is 14.0 Å². The number of carbonyl (C=O) groups excluding carboxylic acids is 1. The van der Waals surface area contributed by atoms with E-state index in [1.807, 2.05) is 23.0 Å². The van der Waals surface area contributed by atoms with Gasteiger partial charge in [0.05, 0.1) is 23.0 Å². The molecule has 0 spiro atoms. The number of hydrogen-bond donors (Lipinski definition) is 0. The van der Waals surface area contributed by atoms with E-state index in [1.165, 1.54) is 12.1 Å². The van der Waals surface area contributed by atoms with Gasteiger partial charge in [-0.05, 0) is 86.6 Å². The van der Waals surface area contributed by atoms with Gasteiger partial charge >= 0.3 is 0 Å². The zero-order valence-electron chi connectivity index (χ0n) is 19.3. The number of hydrogen-bond acceptors (Lipinski definition) is 4. The fraction of sp³-hybridized carbons (Fsp3) is 0.370. The molecule has 2 fully saturated rings. The van der Waals surface area contributed by atoms with Crippen LogP contribution in [0.1, 0.15) is 60.3 Å². The predicted molar refractivity (Wildman–Crippen MR) is 133 cm³/mol. The number of fused-ring (bicyclic) bond motifs is 2. The molecule has 0 bridgehead atoms. The maximum atomic E-state index is 14.0. The van der Waals surface area contributed by atoms with E-state index in [9.17, 15) is 13.4 Å². The summed E-state index contributed by atoms with van der Waals surface area (Å²) in [4.78, 5) is 18.4. The first-order chi connectivity index (χ1) is 16.5. The SMILES string of the molecule is O.O=C(c1ccccn1)[C@]12Cc3cnn(-c4ccc(F)cc4)c3C=C1CC[C@H](S(=O)C1CCC1)C2. The lowest BCUT2D eigenvalue weighted by atomic mass is 9.61. The smallest absolute Gasteiger partial charge is 0.191 e. The van der Waals surface area contributed by atoms with Crippen molar-refractivity contribution < 1.29 is 18.9 Å². The van der Waals surface area contributed by atoms with Crippen molar-refractivity contribution in [3.8, 4) is 5.69 Å². The van der Waals surface area contributed by atoms with E-state index in [4.69, 9.17) is 0 Å². The molecular weight excluding hydrogens is 465 g/mol. The zero-order chi connectivity index (χ0) is 23.3. The van der Waals surface area contributed by atoms with Crippen molar-refractivity contribution >= 4 is 22.7 Å². The lowest BCUT2D eigenvalue weighted by molar-refractivity contribution is 0.0797. The Kier molecular flexibility index (Phi) is 6.27. The summed E-state index contributed by atoms with van der Waals surface area (Å²) in [6.45, 7) is 0. The number of aromatic nitrogens is 3. The third-order valence-corrected chi connectivity index (χ3v) is 9.92. The van der Waals surface area contributed by atoms with Crippen LogP contribution >= 0.6 is 0 Å². The van der Waals surface area contributed by atoms with E-state index in [1.54, 1.807) is 24.4 Å². The minimum atomic E-state index is -0.919. The number of nitrogens with zero attached hydrogens (tertiary/aromatic N) is 3. The third-order valence-electron chi connectivity index (χ3n) is 7.73. The highest BCUT2D eigenvalue weighted by atomic mass is 32.2. The third kappa shape index (κ3) is 3.98. The Morgan fingerprint density at radius 3 is 2.57 bits per heavy atom. The van der Waals surface area contributed by atoms with Gasteiger partial charge in [-0.15, -0.1) is 0 Å². The molecule has 2 saturated carbocycles. The predicted octanol–water partition coefficient (Wildman–Crippen LogP) is 4.24. The second-order valence-corrected chi connectivity index (χ2v) is 11.7. The van der Waals surface area contributed by atoms with Gasteiger partial charge in [0.1, 0.15) is 11.5 Å². The molecule has 2 N–H and O–H groups in total. The van der Waals surface area contributed by atoms with Crippen LogP contribution < -0.4 is 0 Å². The quantitative estimate of drug-likeness (QED) is 0.497. The summed E-state index contributed by atoms with van der Waals surface area (Å²) < 4.78 is 28.6. The second-order valence-electron chi connectivity index (χ2n) is 9.66. The minimum Gasteiger partial charge on any atom is -0.412 e. The summed E-state index contributed by atoms with van der Waals surface area (Å²) in [5.41, 5.74) is 3.47. The summed E-state index contributed by atoms with van der Waals surface area (Å²) in [6.07, 6.45) is 11.4. The summed E-state index contributed by atoms with van der Waals surface area (Å²) in [5, 5.41) is 4.88. The molecule has 0 aliphatic heterocycles. The minimum absolute atomic E-state index is 0. The fourth-order valence-corrected chi connectivity index (χ4v) is 7.81. The van der Waals surface area contributed by atoms with Crippen LogP contribution in [0, 0.1) is 11.2 Å². The Hall–Kier alpha value is -2.97. The number of ketones is 1. The van der Waals surface area contributed by atoms with E-state index in [0.717, 1.165) is 54.6 Å². The van der Waals surface area contributed by atoms with Gasteiger partial charge in [-0.2, -0.15) is 5.10 Å². The highest BCUT2D eigenvalue weighted by Gasteiger charge is 2.51. The van der Waals surface area contributed by atoms with Gasteiger partial charge in [-0.25, -0.2) is 9.07 Å². The van der Waals surface area contributed by atoms with Gasteiger partial charge in [0.25, 0.3) is 0 Å². The van der Waals surface area contributed by atoms with Crippen LogP contribution in [-0.2, 0) is 17.2 Å². The maximum absolute atomic E-state index is 14.0. The van der Waals surface area contributed by atoms with Gasteiger partial charge in [-0.1, -0.05) is 18.1 Å². The number of carbonyl (C=O) groups is 1. The largest absolute Gasteiger partial charge is 0.412 e. The van der Waals surface area contributed by atoms with Crippen molar-refractivity contribution in [3.05, 3.63) is 83.2 Å². The van der Waals surface area contributed by atoms with Gasteiger partial charge in [0.2, 0.25) is 0 Å². The average molecular weight is 494 g/mol. The summed E-state index contributed by atoms with van der Waals surface area (Å²) in [6, 6.07) is 11.7. The maximum Gasteiger partial charge on any atom is 0.191 e. The number of Topliss-reactive ketones (excluding diaryl/α,β-unsaturated/α-hetero) is 1. The van der Waals surface area contributed by atoms with E-state index < -0.39 is 16.2 Å². The number of halogens is 1. The normalized spacial score (nSPS) is 24.3. The van der Waals surface area contributed by atoms with Crippen LogP contribution in [0.25, 0.3) is 11.8 Å². The Labute approximate surface area is 206 Å². The zero-order valence-corrected chi connectivity index (χ0v) is 20.1. The molecule has 0 amide bonds. The molecular formula is C27H28FN3O3S. The van der Waals surface area contributed by atoms with Crippen LogP contribution in [-0.4, -0.2) is 40.7 Å². The monoisotopic (exact) mass is 493 g/mol. The highest BCUT2D eigenvalue weighted by Crippen LogP contribution is 2.51. The van der Waals surface area contributed by atoms with E-state index in [-0.39, 0.29) is 27.6 Å². The Bertz CT molecular complexity index is 1300. The van der Waals surface area contributed by atoms with Crippen molar-refractivity contribution in [3.63, 3.8) is 0 Å². The molecule has 3 aromatic rings. The van der Waals surface area contributed by atoms with Crippen LogP contribution in [0.4, 0.5) is 4.39 Å². The first kappa shape index (κ1) is 23.8. The van der Waals surface area contributed by atoms with Gasteiger partial charge in [0.15, 0.2) is 5.78 Å². The van der Waals surface area contributed by atoms with E-state index in [0.29, 0.717) is 18.5 Å². The van der Waals surface area contributed by atoms with Crippen LogP contribution in [0.15, 0.2) is 60.4 Å². The summed E-state index contributed by atoms with van der Waals surface area (Å²) >= 11 is 0. The average Bonchev–Trinajstić information content (AvgIpc) is 3.24. The number of rotatable bonds is 5. The molecule has 2 aromatic heterocycles. The van der Waals surface area contributed by atoms with Crippen LogP contribution in [0.5, 0.6) is 0 Å². The molecule has 35 heavy (non-hydrogen) atoms. The molecule has 0 radical (unpaired) electrons. The molecule has 0 saturated heterocycles. The van der Waals surface area contributed by atoms with E-state index in [2.05, 4.69) is 16.2 Å². The van der Waals surface area contributed by atoms with Crippen LogP contribution in [0.2, 0.25) is 0 Å². The van der Waals surface area contributed by atoms with Crippen molar-refractivity contribution in [2.75, 3.05) is 0 Å². The molecule has 3 aliphatic carbocycles. The lowest BCUT2D eigenvalue weighted by Crippen LogP contribution is -2.46. The van der Waals surface area contributed by atoms with Crippen molar-refractivity contribution in [1.29, 1.82) is 0 Å². The Balaban J connectivity index is 0.00000253.